The molecule has 0 saturated heterocycles. The van der Waals surface area contributed by atoms with Gasteiger partial charge in [0.25, 0.3) is 0 Å². The quantitative estimate of drug-likeness (QED) is 0.832. The standard InChI is InChI=1S/C16H26O3/c1-6-19-16-12(4)7-10(2)8-14(16)11(3)9-15(18)13(5)17/h7-8,11,13,15,17-18H,6,9H2,1-5H3. The average Bonchev–Trinajstić information content (AvgIpc) is 2.31. The normalized spacial score (nSPS) is 15.9. The number of aliphatic hydroxyl groups is 2. The van der Waals surface area contributed by atoms with Crippen molar-refractivity contribution in [2.24, 2.45) is 0 Å². The van der Waals surface area contributed by atoms with Crippen LogP contribution in [0, 0.1) is 13.8 Å². The molecule has 19 heavy (non-hydrogen) atoms. The van der Waals surface area contributed by atoms with Crippen molar-refractivity contribution in [3.63, 3.8) is 0 Å². The molecule has 3 heteroatoms. The van der Waals surface area contributed by atoms with Crippen LogP contribution in [0.2, 0.25) is 0 Å². The van der Waals surface area contributed by atoms with Crippen LogP contribution in [0.15, 0.2) is 12.1 Å². The van der Waals surface area contributed by atoms with Crippen LogP contribution in [-0.4, -0.2) is 29.0 Å². The first-order valence-corrected chi connectivity index (χ1v) is 6.96. The molecule has 2 N–H and O–H groups in total. The molecule has 3 nitrogen and oxygen atoms in total. The summed E-state index contributed by atoms with van der Waals surface area (Å²) in [4.78, 5) is 0. The Labute approximate surface area is 116 Å². The maximum absolute atomic E-state index is 9.83. The van der Waals surface area contributed by atoms with Gasteiger partial charge in [0.15, 0.2) is 0 Å². The van der Waals surface area contributed by atoms with E-state index in [1.165, 1.54) is 5.56 Å². The molecule has 0 radical (unpaired) electrons. The summed E-state index contributed by atoms with van der Waals surface area (Å²) in [7, 11) is 0. The van der Waals surface area contributed by atoms with Crippen LogP contribution in [0.1, 0.15) is 49.8 Å². The zero-order valence-corrected chi connectivity index (χ0v) is 12.6. The lowest BCUT2D eigenvalue weighted by molar-refractivity contribution is 0.0226. The van der Waals surface area contributed by atoms with Crippen molar-refractivity contribution in [1.29, 1.82) is 0 Å². The third-order valence-electron chi connectivity index (χ3n) is 3.42. The summed E-state index contributed by atoms with van der Waals surface area (Å²) in [5, 5.41) is 19.2. The van der Waals surface area contributed by atoms with Crippen LogP contribution in [0.3, 0.4) is 0 Å². The van der Waals surface area contributed by atoms with Crippen molar-refractivity contribution < 1.29 is 14.9 Å². The molecule has 1 rings (SSSR count). The highest BCUT2D eigenvalue weighted by atomic mass is 16.5. The van der Waals surface area contributed by atoms with Gasteiger partial charge in [0.1, 0.15) is 5.75 Å². The second-order valence-electron chi connectivity index (χ2n) is 5.38. The van der Waals surface area contributed by atoms with Crippen LogP contribution >= 0.6 is 0 Å². The molecular weight excluding hydrogens is 240 g/mol. The van der Waals surface area contributed by atoms with Crippen molar-refractivity contribution in [3.05, 3.63) is 28.8 Å². The largest absolute Gasteiger partial charge is 0.493 e. The fraction of sp³-hybridized carbons (Fsp3) is 0.625. The van der Waals surface area contributed by atoms with Crippen LogP contribution in [0.5, 0.6) is 5.75 Å². The summed E-state index contributed by atoms with van der Waals surface area (Å²) < 4.78 is 5.74. The third kappa shape index (κ3) is 4.22. The van der Waals surface area contributed by atoms with Crippen molar-refractivity contribution in [2.75, 3.05) is 6.61 Å². The smallest absolute Gasteiger partial charge is 0.125 e. The molecule has 3 atom stereocenters. The monoisotopic (exact) mass is 266 g/mol. The van der Waals surface area contributed by atoms with Gasteiger partial charge >= 0.3 is 0 Å². The third-order valence-corrected chi connectivity index (χ3v) is 3.42. The lowest BCUT2D eigenvalue weighted by Crippen LogP contribution is -2.24. The fourth-order valence-electron chi connectivity index (χ4n) is 2.38. The molecule has 0 aliphatic carbocycles. The minimum absolute atomic E-state index is 0.143. The average molecular weight is 266 g/mol. The van der Waals surface area contributed by atoms with E-state index in [0.29, 0.717) is 13.0 Å². The lowest BCUT2D eigenvalue weighted by atomic mass is 9.90. The Morgan fingerprint density at radius 1 is 1.16 bits per heavy atom. The summed E-state index contributed by atoms with van der Waals surface area (Å²) in [6.45, 7) is 10.4. The highest BCUT2D eigenvalue weighted by molar-refractivity contribution is 5.45. The highest BCUT2D eigenvalue weighted by Gasteiger charge is 2.20. The van der Waals surface area contributed by atoms with Gasteiger partial charge in [0, 0.05) is 0 Å². The van der Waals surface area contributed by atoms with E-state index in [-0.39, 0.29) is 5.92 Å². The Hall–Kier alpha value is -1.06. The molecule has 1 aromatic carbocycles. The van der Waals surface area contributed by atoms with E-state index in [1.807, 2.05) is 13.8 Å². The molecule has 108 valence electrons. The second-order valence-corrected chi connectivity index (χ2v) is 5.38. The van der Waals surface area contributed by atoms with Crippen LogP contribution in [0.25, 0.3) is 0 Å². The van der Waals surface area contributed by atoms with E-state index in [9.17, 15) is 10.2 Å². The van der Waals surface area contributed by atoms with Crippen LogP contribution in [-0.2, 0) is 0 Å². The molecule has 0 bridgehead atoms. The predicted molar refractivity (Wildman–Crippen MR) is 77.8 cm³/mol. The van der Waals surface area contributed by atoms with E-state index in [2.05, 4.69) is 26.0 Å². The molecule has 0 fully saturated rings. The number of ether oxygens (including phenoxy) is 1. The molecule has 0 spiro atoms. The molecular formula is C16H26O3. The summed E-state index contributed by atoms with van der Waals surface area (Å²) in [6.07, 6.45) is -0.880. The SMILES string of the molecule is CCOc1c(C)cc(C)cc1C(C)CC(O)C(C)O. The van der Waals surface area contributed by atoms with Gasteiger partial charge in [-0.2, -0.15) is 0 Å². The molecule has 0 heterocycles. The lowest BCUT2D eigenvalue weighted by Gasteiger charge is -2.22. The van der Waals surface area contributed by atoms with Crippen molar-refractivity contribution >= 4 is 0 Å². The minimum Gasteiger partial charge on any atom is -0.493 e. The molecule has 0 aliphatic rings. The van der Waals surface area contributed by atoms with E-state index < -0.39 is 12.2 Å². The zero-order chi connectivity index (χ0) is 14.6. The van der Waals surface area contributed by atoms with Gasteiger partial charge in [-0.1, -0.05) is 24.6 Å². The van der Waals surface area contributed by atoms with Gasteiger partial charge in [0.05, 0.1) is 18.8 Å². The van der Waals surface area contributed by atoms with Crippen molar-refractivity contribution in [2.45, 2.75) is 59.2 Å². The summed E-state index contributed by atoms with van der Waals surface area (Å²) in [5.74, 6) is 1.06. The minimum atomic E-state index is -0.705. The zero-order valence-electron chi connectivity index (χ0n) is 12.6. The van der Waals surface area contributed by atoms with Crippen LogP contribution in [0.4, 0.5) is 0 Å². The van der Waals surface area contributed by atoms with Crippen molar-refractivity contribution in [3.8, 4) is 5.75 Å². The fourth-order valence-corrected chi connectivity index (χ4v) is 2.38. The molecule has 0 aromatic heterocycles. The Balaban J connectivity index is 3.03. The van der Waals surface area contributed by atoms with Crippen LogP contribution < -0.4 is 4.74 Å². The van der Waals surface area contributed by atoms with E-state index in [0.717, 1.165) is 16.9 Å². The van der Waals surface area contributed by atoms with Crippen molar-refractivity contribution in [1.82, 2.24) is 0 Å². The molecule has 3 unspecified atom stereocenters. The first kappa shape index (κ1) is 16.0. The summed E-state index contributed by atoms with van der Waals surface area (Å²) in [6, 6.07) is 4.21. The van der Waals surface area contributed by atoms with Gasteiger partial charge < -0.3 is 14.9 Å². The van der Waals surface area contributed by atoms with Gasteiger partial charge in [-0.15, -0.1) is 0 Å². The summed E-state index contributed by atoms with van der Waals surface area (Å²) >= 11 is 0. The number of aliphatic hydroxyl groups excluding tert-OH is 2. The Morgan fingerprint density at radius 3 is 2.32 bits per heavy atom. The molecule has 0 amide bonds. The molecule has 0 saturated carbocycles. The molecule has 0 aliphatic heterocycles. The number of hydrogen-bond acceptors (Lipinski definition) is 3. The Bertz CT molecular complexity index is 413. The van der Waals surface area contributed by atoms with Gasteiger partial charge in [-0.25, -0.2) is 0 Å². The van der Waals surface area contributed by atoms with Gasteiger partial charge in [0.2, 0.25) is 0 Å². The first-order valence-electron chi connectivity index (χ1n) is 6.96. The van der Waals surface area contributed by atoms with Gasteiger partial charge in [-0.05, 0) is 51.2 Å². The van der Waals surface area contributed by atoms with E-state index >= 15 is 0 Å². The van der Waals surface area contributed by atoms with E-state index in [1.54, 1.807) is 6.92 Å². The number of aryl methyl sites for hydroxylation is 2. The number of benzene rings is 1. The predicted octanol–water partition coefficient (Wildman–Crippen LogP) is 2.94. The first-order chi connectivity index (χ1) is 8.86. The topological polar surface area (TPSA) is 49.7 Å². The Morgan fingerprint density at radius 2 is 1.79 bits per heavy atom. The number of hydrogen-bond donors (Lipinski definition) is 2. The Kier molecular flexibility index (Phi) is 5.83. The maximum Gasteiger partial charge on any atom is 0.125 e. The highest BCUT2D eigenvalue weighted by Crippen LogP contribution is 2.34. The number of rotatable bonds is 6. The summed E-state index contributed by atoms with van der Waals surface area (Å²) in [5.41, 5.74) is 3.42. The van der Waals surface area contributed by atoms with Gasteiger partial charge in [-0.3, -0.25) is 0 Å². The second kappa shape index (κ2) is 6.92. The van der Waals surface area contributed by atoms with E-state index in [4.69, 9.17) is 4.74 Å². The molecule has 1 aromatic rings. The maximum atomic E-state index is 9.83.